The van der Waals surface area contributed by atoms with Gasteiger partial charge in [-0.25, -0.2) is 0 Å². The molecule has 0 bridgehead atoms. The molecule has 1 heterocycles. The van der Waals surface area contributed by atoms with Crippen LogP contribution in [-0.4, -0.2) is 18.7 Å². The number of para-hydroxylation sites is 1. The van der Waals surface area contributed by atoms with Crippen LogP contribution in [0.2, 0.25) is 0 Å². The van der Waals surface area contributed by atoms with Gasteiger partial charge in [-0.15, -0.1) is 0 Å². The van der Waals surface area contributed by atoms with Crippen molar-refractivity contribution in [1.82, 2.24) is 5.32 Å². The molecule has 16 heavy (non-hydrogen) atoms. The predicted octanol–water partition coefficient (Wildman–Crippen LogP) is 2.52. The van der Waals surface area contributed by atoms with E-state index >= 15 is 0 Å². The molecule has 1 unspecified atom stereocenters. The van der Waals surface area contributed by atoms with E-state index < -0.39 is 0 Å². The van der Waals surface area contributed by atoms with Gasteiger partial charge in [0.05, 0.1) is 0 Å². The van der Waals surface area contributed by atoms with E-state index in [-0.39, 0.29) is 0 Å². The Labute approximate surface area is 97.0 Å². The third-order valence-electron chi connectivity index (χ3n) is 3.43. The van der Waals surface area contributed by atoms with E-state index in [4.69, 9.17) is 4.74 Å². The van der Waals surface area contributed by atoms with Crippen LogP contribution in [0.15, 0.2) is 24.3 Å². The highest BCUT2D eigenvalue weighted by Gasteiger charge is 2.23. The second kappa shape index (κ2) is 4.46. The second-order valence-corrected chi connectivity index (χ2v) is 4.92. The molecule has 0 spiro atoms. The molecule has 86 valence electrons. The first-order valence-corrected chi connectivity index (χ1v) is 6.40. The summed E-state index contributed by atoms with van der Waals surface area (Å²) in [5.41, 5.74) is 1.38. The molecule has 1 saturated carbocycles. The van der Waals surface area contributed by atoms with E-state index in [0.717, 1.165) is 24.8 Å². The molecule has 0 aromatic heterocycles. The van der Waals surface area contributed by atoms with Crippen LogP contribution in [-0.2, 0) is 6.42 Å². The van der Waals surface area contributed by atoms with Crippen LogP contribution in [0.3, 0.4) is 0 Å². The molecule has 3 rings (SSSR count). The van der Waals surface area contributed by atoms with Crippen LogP contribution in [0.4, 0.5) is 0 Å². The summed E-state index contributed by atoms with van der Waals surface area (Å²) in [5, 5.41) is 3.55. The van der Waals surface area contributed by atoms with E-state index in [2.05, 4.69) is 29.6 Å². The molecule has 2 heteroatoms. The first-order chi connectivity index (χ1) is 7.92. The number of hydrogen-bond donors (Lipinski definition) is 1. The lowest BCUT2D eigenvalue weighted by Gasteiger charge is -2.10. The average molecular weight is 217 g/mol. The number of fused-ring (bicyclic) bond motifs is 1. The Morgan fingerprint density at radius 3 is 2.94 bits per heavy atom. The normalized spacial score (nSPS) is 22.9. The van der Waals surface area contributed by atoms with E-state index in [9.17, 15) is 0 Å². The number of ether oxygens (including phenoxy) is 1. The molecule has 1 aromatic carbocycles. The molecule has 1 aromatic rings. The Morgan fingerprint density at radius 2 is 2.12 bits per heavy atom. The van der Waals surface area contributed by atoms with Gasteiger partial charge in [-0.3, -0.25) is 0 Å². The first-order valence-electron chi connectivity index (χ1n) is 6.40. The molecule has 1 N–H and O–H groups in total. The van der Waals surface area contributed by atoms with Crippen molar-refractivity contribution in [3.8, 4) is 5.75 Å². The summed E-state index contributed by atoms with van der Waals surface area (Å²) < 4.78 is 5.90. The number of nitrogens with one attached hydrogen (secondary N) is 1. The lowest BCUT2D eigenvalue weighted by Crippen LogP contribution is -2.20. The Kier molecular flexibility index (Phi) is 2.83. The second-order valence-electron chi connectivity index (χ2n) is 4.92. The maximum absolute atomic E-state index is 5.90. The molecule has 2 aliphatic rings. The molecular weight excluding hydrogens is 198 g/mol. The fourth-order valence-corrected chi connectivity index (χ4v) is 2.34. The van der Waals surface area contributed by atoms with Crippen LogP contribution < -0.4 is 10.1 Å². The average Bonchev–Trinajstić information content (AvgIpc) is 3.03. The van der Waals surface area contributed by atoms with Crippen molar-refractivity contribution >= 4 is 0 Å². The summed E-state index contributed by atoms with van der Waals surface area (Å²) in [6.07, 6.45) is 6.68. The Bertz CT molecular complexity index is 335. The van der Waals surface area contributed by atoms with Crippen LogP contribution in [0.1, 0.15) is 31.2 Å². The zero-order valence-corrected chi connectivity index (χ0v) is 9.61. The number of rotatable bonds is 5. The zero-order valence-electron chi connectivity index (χ0n) is 9.61. The van der Waals surface area contributed by atoms with Gasteiger partial charge in [0.15, 0.2) is 0 Å². The van der Waals surface area contributed by atoms with Gasteiger partial charge in [0.25, 0.3) is 0 Å². The third kappa shape index (κ3) is 2.38. The zero-order chi connectivity index (χ0) is 10.8. The molecule has 1 aliphatic carbocycles. The van der Waals surface area contributed by atoms with Gasteiger partial charge in [-0.1, -0.05) is 18.2 Å². The van der Waals surface area contributed by atoms with Crippen LogP contribution in [0, 0.1) is 0 Å². The smallest absolute Gasteiger partial charge is 0.123 e. The van der Waals surface area contributed by atoms with Crippen molar-refractivity contribution in [2.45, 2.75) is 44.2 Å². The summed E-state index contributed by atoms with van der Waals surface area (Å²) in [7, 11) is 0. The Morgan fingerprint density at radius 1 is 1.25 bits per heavy atom. The number of benzene rings is 1. The fraction of sp³-hybridized carbons (Fsp3) is 0.571. The Balaban J connectivity index is 1.41. The molecule has 1 atom stereocenters. The first kappa shape index (κ1) is 10.2. The van der Waals surface area contributed by atoms with Crippen molar-refractivity contribution in [3.63, 3.8) is 0 Å². The van der Waals surface area contributed by atoms with Crippen molar-refractivity contribution in [2.75, 3.05) is 6.54 Å². The standard InChI is InChI=1S/C14H19NO/c1-2-6-14-11(4-1)10-13(16-14)5-3-9-15-12-7-8-12/h1-2,4,6,12-13,15H,3,5,7-10H2. The van der Waals surface area contributed by atoms with Crippen molar-refractivity contribution in [2.24, 2.45) is 0 Å². The highest BCUT2D eigenvalue weighted by atomic mass is 16.5. The maximum atomic E-state index is 5.90. The van der Waals surface area contributed by atoms with Gasteiger partial charge in [0, 0.05) is 12.5 Å². The molecular formula is C14H19NO. The minimum absolute atomic E-state index is 0.415. The highest BCUT2D eigenvalue weighted by molar-refractivity contribution is 5.37. The SMILES string of the molecule is c1ccc2c(c1)CC(CCCNC1CC1)O2. The largest absolute Gasteiger partial charge is 0.490 e. The van der Waals surface area contributed by atoms with E-state index in [1.165, 1.54) is 31.2 Å². The van der Waals surface area contributed by atoms with Gasteiger partial charge < -0.3 is 10.1 Å². The van der Waals surface area contributed by atoms with Crippen LogP contribution in [0.25, 0.3) is 0 Å². The third-order valence-corrected chi connectivity index (χ3v) is 3.43. The van der Waals surface area contributed by atoms with E-state index in [1.54, 1.807) is 0 Å². The molecule has 0 radical (unpaired) electrons. The van der Waals surface area contributed by atoms with E-state index in [1.807, 2.05) is 0 Å². The monoisotopic (exact) mass is 217 g/mol. The molecule has 0 amide bonds. The quantitative estimate of drug-likeness (QED) is 0.765. The lowest BCUT2D eigenvalue weighted by atomic mass is 10.1. The van der Waals surface area contributed by atoms with Gasteiger partial charge in [-0.2, -0.15) is 0 Å². The fourth-order valence-electron chi connectivity index (χ4n) is 2.34. The Hall–Kier alpha value is -1.02. The van der Waals surface area contributed by atoms with Crippen LogP contribution >= 0.6 is 0 Å². The number of hydrogen-bond acceptors (Lipinski definition) is 2. The molecule has 1 fully saturated rings. The van der Waals surface area contributed by atoms with Gasteiger partial charge in [0.2, 0.25) is 0 Å². The molecule has 0 saturated heterocycles. The minimum atomic E-state index is 0.415. The summed E-state index contributed by atoms with van der Waals surface area (Å²) in [6.45, 7) is 1.15. The molecule has 2 nitrogen and oxygen atoms in total. The maximum Gasteiger partial charge on any atom is 0.123 e. The minimum Gasteiger partial charge on any atom is -0.490 e. The summed E-state index contributed by atoms with van der Waals surface area (Å²) in [5.74, 6) is 1.10. The van der Waals surface area contributed by atoms with Gasteiger partial charge in [-0.05, 0) is 43.9 Å². The van der Waals surface area contributed by atoms with Crippen molar-refractivity contribution < 1.29 is 4.74 Å². The summed E-state index contributed by atoms with van der Waals surface area (Å²) >= 11 is 0. The lowest BCUT2D eigenvalue weighted by molar-refractivity contribution is 0.217. The van der Waals surface area contributed by atoms with E-state index in [0.29, 0.717) is 6.10 Å². The van der Waals surface area contributed by atoms with Gasteiger partial charge >= 0.3 is 0 Å². The topological polar surface area (TPSA) is 21.3 Å². The predicted molar refractivity (Wildman–Crippen MR) is 64.8 cm³/mol. The van der Waals surface area contributed by atoms with Crippen molar-refractivity contribution in [1.29, 1.82) is 0 Å². The summed E-state index contributed by atoms with van der Waals surface area (Å²) in [4.78, 5) is 0. The summed E-state index contributed by atoms with van der Waals surface area (Å²) in [6, 6.07) is 9.24. The van der Waals surface area contributed by atoms with Gasteiger partial charge in [0.1, 0.15) is 11.9 Å². The molecule has 1 aliphatic heterocycles. The van der Waals surface area contributed by atoms with Crippen LogP contribution in [0.5, 0.6) is 5.75 Å². The van der Waals surface area contributed by atoms with Crippen molar-refractivity contribution in [3.05, 3.63) is 29.8 Å². The highest BCUT2D eigenvalue weighted by Crippen LogP contribution is 2.29.